The van der Waals surface area contributed by atoms with Crippen LogP contribution in [0.15, 0.2) is 54.6 Å². The summed E-state index contributed by atoms with van der Waals surface area (Å²) < 4.78 is 0. The smallest absolute Gasteiger partial charge is 0.239 e. The second kappa shape index (κ2) is 9.97. The van der Waals surface area contributed by atoms with Crippen LogP contribution in [0.3, 0.4) is 0 Å². The topological polar surface area (TPSA) is 58.2 Å². The van der Waals surface area contributed by atoms with Gasteiger partial charge in [-0.25, -0.2) is 0 Å². The van der Waals surface area contributed by atoms with Gasteiger partial charge in [-0.3, -0.25) is 9.59 Å². The Morgan fingerprint density at radius 1 is 0.923 bits per heavy atom. The van der Waals surface area contributed by atoms with Gasteiger partial charge in [0, 0.05) is 18.0 Å². The standard InChI is InChI=1S/C21H25ClN2O2/c1-15(2)19(17-6-4-3-5-7-17)12-20(25)24-14-21(26)23-13-16-8-10-18(22)11-9-16/h3-11,15,19H,12-14H2,1-2H3,(H,23,26)(H,24,25). The van der Waals surface area contributed by atoms with Crippen LogP contribution < -0.4 is 10.6 Å². The van der Waals surface area contributed by atoms with E-state index in [1.54, 1.807) is 12.1 Å². The van der Waals surface area contributed by atoms with Crippen LogP contribution in [-0.2, 0) is 16.1 Å². The highest BCUT2D eigenvalue weighted by Gasteiger charge is 2.19. The zero-order valence-corrected chi connectivity index (χ0v) is 15.9. The fraction of sp³-hybridized carbons (Fsp3) is 0.333. The minimum Gasteiger partial charge on any atom is -0.350 e. The van der Waals surface area contributed by atoms with Gasteiger partial charge in [0.1, 0.15) is 0 Å². The van der Waals surface area contributed by atoms with E-state index >= 15 is 0 Å². The molecule has 2 amide bonds. The van der Waals surface area contributed by atoms with E-state index in [2.05, 4.69) is 24.5 Å². The lowest BCUT2D eigenvalue weighted by Gasteiger charge is -2.21. The fourth-order valence-electron chi connectivity index (χ4n) is 2.75. The summed E-state index contributed by atoms with van der Waals surface area (Å²) in [6, 6.07) is 17.3. The van der Waals surface area contributed by atoms with E-state index in [1.807, 2.05) is 42.5 Å². The maximum atomic E-state index is 12.2. The summed E-state index contributed by atoms with van der Waals surface area (Å²) in [6.07, 6.45) is 0.367. The molecule has 0 saturated carbocycles. The third-order valence-electron chi connectivity index (χ3n) is 4.29. The number of carbonyl (C=O) groups excluding carboxylic acids is 2. The minimum atomic E-state index is -0.214. The summed E-state index contributed by atoms with van der Waals surface area (Å²) in [6.45, 7) is 4.59. The van der Waals surface area contributed by atoms with Crippen molar-refractivity contribution in [2.75, 3.05) is 6.54 Å². The van der Waals surface area contributed by atoms with E-state index in [0.717, 1.165) is 11.1 Å². The Balaban J connectivity index is 1.78. The Labute approximate surface area is 159 Å². The first-order valence-electron chi connectivity index (χ1n) is 8.78. The number of hydrogen-bond acceptors (Lipinski definition) is 2. The number of nitrogens with one attached hydrogen (secondary N) is 2. The van der Waals surface area contributed by atoms with Crippen molar-refractivity contribution < 1.29 is 9.59 Å². The predicted octanol–water partition coefficient (Wildman–Crippen LogP) is 3.90. The largest absolute Gasteiger partial charge is 0.350 e. The van der Waals surface area contributed by atoms with E-state index in [4.69, 9.17) is 11.6 Å². The molecule has 2 aromatic rings. The Morgan fingerprint density at radius 2 is 1.58 bits per heavy atom. The van der Waals surface area contributed by atoms with Crippen molar-refractivity contribution in [3.8, 4) is 0 Å². The molecule has 0 radical (unpaired) electrons. The van der Waals surface area contributed by atoms with Gasteiger partial charge in [-0.1, -0.05) is 67.9 Å². The van der Waals surface area contributed by atoms with Crippen molar-refractivity contribution in [1.82, 2.24) is 10.6 Å². The maximum absolute atomic E-state index is 12.2. The SMILES string of the molecule is CC(C)C(CC(=O)NCC(=O)NCc1ccc(Cl)cc1)c1ccccc1. The highest BCUT2D eigenvalue weighted by molar-refractivity contribution is 6.30. The first-order valence-corrected chi connectivity index (χ1v) is 9.16. The van der Waals surface area contributed by atoms with Crippen LogP contribution in [0.4, 0.5) is 0 Å². The number of carbonyl (C=O) groups is 2. The average Bonchev–Trinajstić information content (AvgIpc) is 2.64. The van der Waals surface area contributed by atoms with Gasteiger partial charge in [0.2, 0.25) is 11.8 Å². The van der Waals surface area contributed by atoms with Gasteiger partial charge >= 0.3 is 0 Å². The summed E-state index contributed by atoms with van der Waals surface area (Å²) >= 11 is 5.83. The first-order chi connectivity index (χ1) is 12.5. The molecular formula is C21H25ClN2O2. The van der Waals surface area contributed by atoms with Crippen molar-refractivity contribution in [2.45, 2.75) is 32.7 Å². The van der Waals surface area contributed by atoms with Crippen molar-refractivity contribution >= 4 is 23.4 Å². The molecule has 0 aliphatic carbocycles. The van der Waals surface area contributed by atoms with Crippen LogP contribution in [-0.4, -0.2) is 18.4 Å². The molecular weight excluding hydrogens is 348 g/mol. The zero-order chi connectivity index (χ0) is 18.9. The summed E-state index contributed by atoms with van der Waals surface area (Å²) in [7, 11) is 0. The van der Waals surface area contributed by atoms with Crippen LogP contribution in [0, 0.1) is 5.92 Å². The molecule has 5 heteroatoms. The molecule has 0 bridgehead atoms. The Bertz CT molecular complexity index is 715. The fourth-order valence-corrected chi connectivity index (χ4v) is 2.88. The molecule has 0 aromatic heterocycles. The molecule has 0 spiro atoms. The summed E-state index contributed by atoms with van der Waals surface area (Å²) in [4.78, 5) is 24.2. The van der Waals surface area contributed by atoms with E-state index in [-0.39, 0.29) is 24.3 Å². The average molecular weight is 373 g/mol. The Hall–Kier alpha value is -2.33. The second-order valence-electron chi connectivity index (χ2n) is 6.65. The quantitative estimate of drug-likeness (QED) is 0.738. The van der Waals surface area contributed by atoms with Gasteiger partial charge in [-0.2, -0.15) is 0 Å². The summed E-state index contributed by atoms with van der Waals surface area (Å²) in [5.74, 6) is 0.138. The van der Waals surface area contributed by atoms with Crippen molar-refractivity contribution in [3.05, 3.63) is 70.7 Å². The van der Waals surface area contributed by atoms with Crippen molar-refractivity contribution in [3.63, 3.8) is 0 Å². The lowest BCUT2D eigenvalue weighted by molar-refractivity contribution is -0.126. The van der Waals surface area contributed by atoms with Crippen molar-refractivity contribution in [2.24, 2.45) is 5.92 Å². The monoisotopic (exact) mass is 372 g/mol. The number of hydrogen-bond donors (Lipinski definition) is 2. The molecule has 0 heterocycles. The third kappa shape index (κ3) is 6.52. The van der Waals surface area contributed by atoms with Gasteiger partial charge in [-0.05, 0) is 35.1 Å². The number of benzene rings is 2. The molecule has 1 atom stereocenters. The van der Waals surface area contributed by atoms with Crippen LogP contribution in [0.25, 0.3) is 0 Å². The molecule has 0 saturated heterocycles. The van der Waals surface area contributed by atoms with Crippen LogP contribution in [0.2, 0.25) is 5.02 Å². The molecule has 4 nitrogen and oxygen atoms in total. The molecule has 2 rings (SSSR count). The van der Waals surface area contributed by atoms with E-state index in [0.29, 0.717) is 23.9 Å². The molecule has 26 heavy (non-hydrogen) atoms. The maximum Gasteiger partial charge on any atom is 0.239 e. The van der Waals surface area contributed by atoms with Crippen LogP contribution in [0.1, 0.15) is 37.3 Å². The highest BCUT2D eigenvalue weighted by Crippen LogP contribution is 2.27. The summed E-state index contributed by atoms with van der Waals surface area (Å²) in [5.41, 5.74) is 2.10. The first kappa shape index (κ1) is 20.0. The van der Waals surface area contributed by atoms with Gasteiger partial charge < -0.3 is 10.6 Å². The van der Waals surface area contributed by atoms with E-state index in [9.17, 15) is 9.59 Å². The molecule has 2 aromatic carbocycles. The van der Waals surface area contributed by atoms with E-state index in [1.165, 1.54) is 0 Å². The third-order valence-corrected chi connectivity index (χ3v) is 4.54. The number of halogens is 1. The lowest BCUT2D eigenvalue weighted by Crippen LogP contribution is -2.37. The molecule has 0 aliphatic rings. The van der Waals surface area contributed by atoms with Crippen LogP contribution in [0.5, 0.6) is 0 Å². The normalized spacial score (nSPS) is 11.8. The van der Waals surface area contributed by atoms with Gasteiger partial charge in [0.25, 0.3) is 0 Å². The Morgan fingerprint density at radius 3 is 2.19 bits per heavy atom. The predicted molar refractivity (Wildman–Crippen MR) is 105 cm³/mol. The molecule has 138 valence electrons. The molecule has 1 unspecified atom stereocenters. The highest BCUT2D eigenvalue weighted by atomic mass is 35.5. The Kier molecular flexibility index (Phi) is 7.67. The van der Waals surface area contributed by atoms with Gasteiger partial charge in [0.05, 0.1) is 6.54 Å². The van der Waals surface area contributed by atoms with Crippen molar-refractivity contribution in [1.29, 1.82) is 0 Å². The van der Waals surface area contributed by atoms with E-state index < -0.39 is 0 Å². The summed E-state index contributed by atoms with van der Waals surface area (Å²) in [5, 5.41) is 6.15. The lowest BCUT2D eigenvalue weighted by atomic mass is 9.85. The molecule has 0 aliphatic heterocycles. The van der Waals surface area contributed by atoms with Gasteiger partial charge in [0.15, 0.2) is 0 Å². The zero-order valence-electron chi connectivity index (χ0n) is 15.2. The molecule has 0 fully saturated rings. The van der Waals surface area contributed by atoms with Crippen LogP contribution >= 0.6 is 11.6 Å². The number of rotatable bonds is 8. The molecule has 2 N–H and O–H groups in total. The minimum absolute atomic E-state index is 0.0218. The number of amides is 2. The van der Waals surface area contributed by atoms with Gasteiger partial charge in [-0.15, -0.1) is 0 Å². The second-order valence-corrected chi connectivity index (χ2v) is 7.08.